The molecule has 0 aliphatic heterocycles. The second-order valence-corrected chi connectivity index (χ2v) is 4.70. The molecule has 0 spiro atoms. The van der Waals surface area contributed by atoms with Crippen LogP contribution in [0.5, 0.6) is 0 Å². The highest BCUT2D eigenvalue weighted by molar-refractivity contribution is 7.92. The van der Waals surface area contributed by atoms with Gasteiger partial charge in [-0.25, -0.2) is 8.42 Å². The highest BCUT2D eigenvalue weighted by atomic mass is 32.2. The molecule has 0 saturated carbocycles. The van der Waals surface area contributed by atoms with Crippen LogP contribution >= 0.6 is 0 Å². The summed E-state index contributed by atoms with van der Waals surface area (Å²) in [5, 5.41) is 10.3. The molecule has 0 heterocycles. The van der Waals surface area contributed by atoms with E-state index < -0.39 is 31.8 Å². The molecular formula is C8H4F3O4S-. The quantitative estimate of drug-likeness (QED) is 0.761. The molecule has 8 heteroatoms. The Labute approximate surface area is 88.2 Å². The zero-order valence-corrected chi connectivity index (χ0v) is 8.30. The monoisotopic (exact) mass is 253 g/mol. The first-order valence-electron chi connectivity index (χ1n) is 3.79. The summed E-state index contributed by atoms with van der Waals surface area (Å²) in [6.45, 7) is 0. The van der Waals surface area contributed by atoms with E-state index >= 15 is 0 Å². The summed E-state index contributed by atoms with van der Waals surface area (Å²) in [4.78, 5) is 9.27. The summed E-state index contributed by atoms with van der Waals surface area (Å²) in [6, 6.07) is 2.59. The van der Waals surface area contributed by atoms with E-state index in [1.165, 1.54) is 0 Å². The average Bonchev–Trinajstić information content (AvgIpc) is 2.16. The van der Waals surface area contributed by atoms with Gasteiger partial charge in [0.2, 0.25) is 0 Å². The van der Waals surface area contributed by atoms with Crippen molar-refractivity contribution in [1.82, 2.24) is 0 Å². The predicted octanol–water partition coefficient (Wildman–Crippen LogP) is 0.344. The lowest BCUT2D eigenvalue weighted by Gasteiger charge is -2.08. The summed E-state index contributed by atoms with van der Waals surface area (Å²) >= 11 is 0. The van der Waals surface area contributed by atoms with Gasteiger partial charge in [0.25, 0.3) is 9.84 Å². The van der Waals surface area contributed by atoms with Crippen LogP contribution in [0.25, 0.3) is 0 Å². The predicted molar refractivity (Wildman–Crippen MR) is 44.0 cm³/mol. The summed E-state index contributed by atoms with van der Waals surface area (Å²) in [7, 11) is -5.43. The fourth-order valence-corrected chi connectivity index (χ4v) is 1.67. The standard InChI is InChI=1S/C8H5F3O4S/c9-8(10,11)16(14,15)6-3-1-5(2-4-6)7(12)13/h1-4H,(H,12,13)/p-1. The molecule has 0 aliphatic carbocycles. The van der Waals surface area contributed by atoms with Crippen LogP contribution in [-0.4, -0.2) is 19.9 Å². The third-order valence-electron chi connectivity index (χ3n) is 1.71. The fraction of sp³-hybridized carbons (Fsp3) is 0.125. The molecule has 0 aromatic heterocycles. The molecule has 88 valence electrons. The van der Waals surface area contributed by atoms with Gasteiger partial charge in [-0.15, -0.1) is 0 Å². The number of aromatic carboxylic acids is 1. The molecule has 0 aliphatic rings. The Bertz CT molecular complexity index is 501. The van der Waals surface area contributed by atoms with Crippen LogP contribution in [0.2, 0.25) is 0 Å². The van der Waals surface area contributed by atoms with E-state index in [1.54, 1.807) is 0 Å². The smallest absolute Gasteiger partial charge is 0.501 e. The Hall–Kier alpha value is -1.57. The minimum Gasteiger partial charge on any atom is -0.545 e. The maximum atomic E-state index is 12.1. The van der Waals surface area contributed by atoms with Crippen molar-refractivity contribution in [2.75, 3.05) is 0 Å². The second kappa shape index (κ2) is 3.78. The van der Waals surface area contributed by atoms with Crippen molar-refractivity contribution in [3.8, 4) is 0 Å². The molecule has 0 amide bonds. The summed E-state index contributed by atoms with van der Waals surface area (Å²) < 4.78 is 57.9. The number of carboxylic acids is 1. The van der Waals surface area contributed by atoms with E-state index in [1.807, 2.05) is 0 Å². The minimum atomic E-state index is -5.43. The van der Waals surface area contributed by atoms with E-state index in [0.29, 0.717) is 12.1 Å². The van der Waals surface area contributed by atoms with Crippen molar-refractivity contribution < 1.29 is 31.5 Å². The topological polar surface area (TPSA) is 74.3 Å². The molecule has 1 rings (SSSR count). The Morgan fingerprint density at radius 1 is 1.12 bits per heavy atom. The van der Waals surface area contributed by atoms with Gasteiger partial charge in [0, 0.05) is 0 Å². The zero-order valence-electron chi connectivity index (χ0n) is 7.48. The number of hydrogen-bond donors (Lipinski definition) is 0. The average molecular weight is 253 g/mol. The van der Waals surface area contributed by atoms with Crippen molar-refractivity contribution in [1.29, 1.82) is 0 Å². The fourth-order valence-electron chi connectivity index (χ4n) is 0.904. The number of carbonyl (C=O) groups is 1. The number of sulfone groups is 1. The number of hydrogen-bond acceptors (Lipinski definition) is 4. The second-order valence-electron chi connectivity index (χ2n) is 2.76. The molecule has 0 unspecified atom stereocenters. The van der Waals surface area contributed by atoms with Crippen molar-refractivity contribution in [2.24, 2.45) is 0 Å². The summed E-state index contributed by atoms with van der Waals surface area (Å²) in [5.41, 5.74) is -5.81. The van der Waals surface area contributed by atoms with E-state index in [9.17, 15) is 31.5 Å². The van der Waals surface area contributed by atoms with E-state index in [2.05, 4.69) is 0 Å². The lowest BCUT2D eigenvalue weighted by Crippen LogP contribution is -2.24. The minimum absolute atomic E-state index is 0.402. The molecule has 1 aromatic carbocycles. The molecule has 0 fully saturated rings. The van der Waals surface area contributed by atoms with Gasteiger partial charge in [0.15, 0.2) is 0 Å². The molecule has 1 aromatic rings. The van der Waals surface area contributed by atoms with Crippen molar-refractivity contribution in [3.05, 3.63) is 29.8 Å². The molecular weight excluding hydrogens is 249 g/mol. The molecule has 4 nitrogen and oxygen atoms in total. The van der Waals surface area contributed by atoms with Crippen LogP contribution < -0.4 is 5.11 Å². The zero-order chi connectivity index (χ0) is 12.6. The molecule has 0 radical (unpaired) electrons. The van der Waals surface area contributed by atoms with Crippen LogP contribution in [0.15, 0.2) is 29.2 Å². The summed E-state index contributed by atoms with van der Waals surface area (Å²) in [5.74, 6) is -1.60. The third kappa shape index (κ3) is 2.16. The molecule has 0 saturated heterocycles. The van der Waals surface area contributed by atoms with E-state index in [-0.39, 0.29) is 0 Å². The van der Waals surface area contributed by atoms with Gasteiger partial charge >= 0.3 is 5.51 Å². The van der Waals surface area contributed by atoms with Gasteiger partial charge in [0.1, 0.15) is 0 Å². The van der Waals surface area contributed by atoms with Gasteiger partial charge in [-0.1, -0.05) is 12.1 Å². The molecule has 0 bridgehead atoms. The van der Waals surface area contributed by atoms with E-state index in [0.717, 1.165) is 12.1 Å². The van der Waals surface area contributed by atoms with Gasteiger partial charge in [-0.3, -0.25) is 0 Å². The van der Waals surface area contributed by atoms with Crippen LogP contribution in [0, 0.1) is 0 Å². The largest absolute Gasteiger partial charge is 0.545 e. The molecule has 0 N–H and O–H groups in total. The van der Waals surface area contributed by atoms with Crippen molar-refractivity contribution >= 4 is 15.8 Å². The summed E-state index contributed by atoms with van der Waals surface area (Å²) in [6.07, 6.45) is 0. The maximum Gasteiger partial charge on any atom is 0.501 e. The van der Waals surface area contributed by atoms with Gasteiger partial charge < -0.3 is 9.90 Å². The highest BCUT2D eigenvalue weighted by Gasteiger charge is 2.46. The van der Waals surface area contributed by atoms with Crippen LogP contribution in [0.3, 0.4) is 0 Å². The lowest BCUT2D eigenvalue weighted by atomic mass is 10.2. The Balaban J connectivity index is 3.23. The molecule has 0 atom stereocenters. The normalized spacial score (nSPS) is 12.4. The van der Waals surface area contributed by atoms with Gasteiger partial charge in [-0.2, -0.15) is 13.2 Å². The Morgan fingerprint density at radius 3 is 1.88 bits per heavy atom. The van der Waals surface area contributed by atoms with Crippen molar-refractivity contribution in [2.45, 2.75) is 10.4 Å². The maximum absolute atomic E-state index is 12.1. The highest BCUT2D eigenvalue weighted by Crippen LogP contribution is 2.30. The van der Waals surface area contributed by atoms with Gasteiger partial charge in [0.05, 0.1) is 10.9 Å². The van der Waals surface area contributed by atoms with Crippen molar-refractivity contribution in [3.63, 3.8) is 0 Å². The van der Waals surface area contributed by atoms with Crippen LogP contribution in [0.1, 0.15) is 10.4 Å². The first-order valence-corrected chi connectivity index (χ1v) is 5.27. The third-order valence-corrected chi connectivity index (χ3v) is 3.21. The lowest BCUT2D eigenvalue weighted by molar-refractivity contribution is -0.255. The first-order chi connectivity index (χ1) is 7.16. The Morgan fingerprint density at radius 2 is 1.56 bits per heavy atom. The number of carboxylic acid groups (broad SMARTS) is 1. The number of alkyl halides is 3. The molecule has 16 heavy (non-hydrogen) atoms. The van der Waals surface area contributed by atoms with Gasteiger partial charge in [-0.05, 0) is 17.7 Å². The first kappa shape index (κ1) is 12.5. The number of rotatable bonds is 2. The number of benzene rings is 1. The van der Waals surface area contributed by atoms with E-state index in [4.69, 9.17) is 0 Å². The number of carbonyl (C=O) groups excluding carboxylic acids is 1. The van der Waals surface area contributed by atoms with Crippen LogP contribution in [0.4, 0.5) is 13.2 Å². The number of halogens is 3. The SMILES string of the molecule is O=C([O-])c1ccc(S(=O)(=O)C(F)(F)F)cc1. The Kier molecular flexibility index (Phi) is 2.95. The van der Waals surface area contributed by atoms with Crippen LogP contribution in [-0.2, 0) is 9.84 Å².